The van der Waals surface area contributed by atoms with Crippen LogP contribution in [0.3, 0.4) is 0 Å². The third kappa shape index (κ3) is 4.63. The number of hydrogen-bond acceptors (Lipinski definition) is 6. The molecule has 0 amide bonds. The van der Waals surface area contributed by atoms with Crippen molar-refractivity contribution in [3.05, 3.63) is 69.5 Å². The van der Waals surface area contributed by atoms with Crippen molar-refractivity contribution in [2.24, 2.45) is 0 Å². The first-order chi connectivity index (χ1) is 13.5. The van der Waals surface area contributed by atoms with Crippen LogP contribution in [-0.4, -0.2) is 24.6 Å². The average molecular weight is 383 g/mol. The molecule has 0 bridgehead atoms. The van der Waals surface area contributed by atoms with Crippen LogP contribution in [-0.2, 0) is 0 Å². The normalized spacial score (nSPS) is 18.6. The Bertz CT molecular complexity index is 881. The minimum Gasteiger partial charge on any atom is -0.369 e. The van der Waals surface area contributed by atoms with Crippen molar-refractivity contribution in [3.8, 4) is 6.07 Å². The SMILES string of the molecule is CN(CCCC1CC(c2ccc(F)cc2)NN1)c1ccc(C#N)cc1[N+](=O)[O-]. The molecule has 0 aliphatic carbocycles. The highest BCUT2D eigenvalue weighted by molar-refractivity contribution is 5.65. The molecule has 0 aromatic heterocycles. The fourth-order valence-corrected chi connectivity index (χ4v) is 3.48. The van der Waals surface area contributed by atoms with E-state index in [2.05, 4.69) is 10.9 Å². The van der Waals surface area contributed by atoms with Crippen molar-refractivity contribution in [1.29, 1.82) is 5.26 Å². The maximum absolute atomic E-state index is 13.1. The van der Waals surface area contributed by atoms with Crippen molar-refractivity contribution >= 4 is 11.4 Å². The standard InChI is InChI=1S/C20H22FN5O2/c1-25(19-9-4-14(13-22)11-20(19)26(27)28)10-2-3-17-12-18(24-23-17)15-5-7-16(21)8-6-15/h4-9,11,17-18,23-24H,2-3,10,12H2,1H3. The number of nitro benzene ring substituents is 1. The summed E-state index contributed by atoms with van der Waals surface area (Å²) in [5.74, 6) is -0.244. The van der Waals surface area contributed by atoms with Crippen LogP contribution in [0.4, 0.5) is 15.8 Å². The summed E-state index contributed by atoms with van der Waals surface area (Å²) in [5, 5.41) is 20.2. The van der Waals surface area contributed by atoms with E-state index in [9.17, 15) is 14.5 Å². The Morgan fingerprint density at radius 1 is 1.29 bits per heavy atom. The lowest BCUT2D eigenvalue weighted by molar-refractivity contribution is -0.384. The van der Waals surface area contributed by atoms with E-state index < -0.39 is 4.92 Å². The molecule has 2 atom stereocenters. The Hall–Kier alpha value is -3.02. The number of nitro groups is 1. The van der Waals surface area contributed by atoms with Gasteiger partial charge in [0.15, 0.2) is 0 Å². The lowest BCUT2D eigenvalue weighted by Crippen LogP contribution is -2.31. The van der Waals surface area contributed by atoms with Gasteiger partial charge in [-0.1, -0.05) is 12.1 Å². The molecular formula is C20H22FN5O2. The summed E-state index contributed by atoms with van der Waals surface area (Å²) in [6.45, 7) is 0.659. The highest BCUT2D eigenvalue weighted by Gasteiger charge is 2.25. The highest BCUT2D eigenvalue weighted by Crippen LogP contribution is 2.29. The molecule has 28 heavy (non-hydrogen) atoms. The van der Waals surface area contributed by atoms with E-state index >= 15 is 0 Å². The number of rotatable bonds is 7. The zero-order valence-electron chi connectivity index (χ0n) is 15.6. The van der Waals surface area contributed by atoms with Crippen molar-refractivity contribution in [1.82, 2.24) is 10.9 Å². The molecule has 0 spiro atoms. The van der Waals surface area contributed by atoms with Crippen LogP contribution in [0.1, 0.15) is 36.4 Å². The van der Waals surface area contributed by atoms with Crippen molar-refractivity contribution in [2.45, 2.75) is 31.3 Å². The molecule has 3 rings (SSSR count). The number of hydrogen-bond donors (Lipinski definition) is 2. The van der Waals surface area contributed by atoms with E-state index in [-0.39, 0.29) is 29.2 Å². The Kier molecular flexibility index (Phi) is 6.19. The van der Waals surface area contributed by atoms with Crippen LogP contribution >= 0.6 is 0 Å². The smallest absolute Gasteiger partial charge is 0.293 e. The Morgan fingerprint density at radius 3 is 2.71 bits per heavy atom. The topological polar surface area (TPSA) is 94.2 Å². The predicted octanol–water partition coefficient (Wildman–Crippen LogP) is 3.43. The Morgan fingerprint density at radius 2 is 2.04 bits per heavy atom. The van der Waals surface area contributed by atoms with Gasteiger partial charge in [-0.15, -0.1) is 0 Å². The second-order valence-corrected chi connectivity index (χ2v) is 6.96. The molecule has 7 nitrogen and oxygen atoms in total. The van der Waals surface area contributed by atoms with Crippen LogP contribution in [0.2, 0.25) is 0 Å². The number of benzene rings is 2. The van der Waals surface area contributed by atoms with Crippen LogP contribution in [0.5, 0.6) is 0 Å². The fourth-order valence-electron chi connectivity index (χ4n) is 3.48. The minimum absolute atomic E-state index is 0.0569. The van der Waals surface area contributed by atoms with Gasteiger partial charge in [0.2, 0.25) is 0 Å². The van der Waals surface area contributed by atoms with E-state index in [0.29, 0.717) is 12.2 Å². The van der Waals surface area contributed by atoms with E-state index in [1.165, 1.54) is 18.2 Å². The maximum Gasteiger partial charge on any atom is 0.293 e. The lowest BCUT2D eigenvalue weighted by atomic mass is 9.99. The number of anilines is 1. The summed E-state index contributed by atoms with van der Waals surface area (Å²) in [4.78, 5) is 12.7. The summed E-state index contributed by atoms with van der Waals surface area (Å²) in [6.07, 6.45) is 2.65. The summed E-state index contributed by atoms with van der Waals surface area (Å²) in [6, 6.07) is 13.4. The zero-order chi connectivity index (χ0) is 20.1. The van der Waals surface area contributed by atoms with Gasteiger partial charge in [0, 0.05) is 31.7 Å². The number of hydrazine groups is 1. The van der Waals surface area contributed by atoms with Gasteiger partial charge in [-0.3, -0.25) is 21.0 Å². The summed E-state index contributed by atoms with van der Waals surface area (Å²) in [7, 11) is 1.82. The van der Waals surface area contributed by atoms with Gasteiger partial charge in [0.1, 0.15) is 11.5 Å². The highest BCUT2D eigenvalue weighted by atomic mass is 19.1. The quantitative estimate of drug-likeness (QED) is 0.562. The van der Waals surface area contributed by atoms with E-state index in [1.807, 2.05) is 18.0 Å². The third-order valence-corrected chi connectivity index (χ3v) is 5.01. The van der Waals surface area contributed by atoms with Crippen molar-refractivity contribution in [2.75, 3.05) is 18.5 Å². The molecule has 1 heterocycles. The van der Waals surface area contributed by atoms with Crippen LogP contribution in [0.15, 0.2) is 42.5 Å². The number of nitrogens with zero attached hydrogens (tertiary/aromatic N) is 3. The van der Waals surface area contributed by atoms with Gasteiger partial charge in [-0.2, -0.15) is 5.26 Å². The third-order valence-electron chi connectivity index (χ3n) is 5.01. The molecule has 2 unspecified atom stereocenters. The molecule has 2 aromatic rings. The number of nitrogens with one attached hydrogen (secondary N) is 2. The molecule has 1 fully saturated rings. The van der Waals surface area contributed by atoms with Gasteiger partial charge in [-0.05, 0) is 49.1 Å². The van der Waals surface area contributed by atoms with Crippen molar-refractivity contribution in [3.63, 3.8) is 0 Å². The molecule has 1 saturated heterocycles. The molecule has 8 heteroatoms. The summed E-state index contributed by atoms with van der Waals surface area (Å²) in [5.41, 5.74) is 8.28. The second-order valence-electron chi connectivity index (χ2n) is 6.96. The molecule has 1 aliphatic heterocycles. The molecular weight excluding hydrogens is 361 g/mol. The molecule has 1 aliphatic rings. The average Bonchev–Trinajstić information content (AvgIpc) is 3.16. The Labute approximate surface area is 162 Å². The van der Waals surface area contributed by atoms with Crippen LogP contribution < -0.4 is 15.8 Å². The molecule has 0 saturated carbocycles. The van der Waals surface area contributed by atoms with E-state index in [1.54, 1.807) is 24.3 Å². The molecule has 146 valence electrons. The maximum atomic E-state index is 13.1. The minimum atomic E-state index is -0.456. The summed E-state index contributed by atoms with van der Waals surface area (Å²) < 4.78 is 13.1. The second kappa shape index (κ2) is 8.78. The van der Waals surface area contributed by atoms with Gasteiger partial charge in [-0.25, -0.2) is 4.39 Å². The van der Waals surface area contributed by atoms with Gasteiger partial charge in [0.05, 0.1) is 16.6 Å². The van der Waals surface area contributed by atoms with Gasteiger partial charge >= 0.3 is 0 Å². The first kappa shape index (κ1) is 19.7. The monoisotopic (exact) mass is 383 g/mol. The van der Waals surface area contributed by atoms with Crippen molar-refractivity contribution < 1.29 is 9.31 Å². The number of nitriles is 1. The van der Waals surface area contributed by atoms with Crippen LogP contribution in [0.25, 0.3) is 0 Å². The fraction of sp³-hybridized carbons (Fsp3) is 0.350. The number of halogens is 1. The van der Waals surface area contributed by atoms with E-state index in [0.717, 1.165) is 24.8 Å². The molecule has 0 radical (unpaired) electrons. The molecule has 2 N–H and O–H groups in total. The van der Waals surface area contributed by atoms with Crippen LogP contribution in [0, 0.1) is 27.3 Å². The molecule has 2 aromatic carbocycles. The van der Waals surface area contributed by atoms with Gasteiger partial charge < -0.3 is 4.90 Å². The largest absolute Gasteiger partial charge is 0.369 e. The lowest BCUT2D eigenvalue weighted by Gasteiger charge is -2.20. The Balaban J connectivity index is 1.52. The van der Waals surface area contributed by atoms with Gasteiger partial charge in [0.25, 0.3) is 5.69 Å². The summed E-state index contributed by atoms with van der Waals surface area (Å²) >= 11 is 0. The first-order valence-electron chi connectivity index (χ1n) is 9.14. The first-order valence-corrected chi connectivity index (χ1v) is 9.14. The van der Waals surface area contributed by atoms with E-state index in [4.69, 9.17) is 5.26 Å². The predicted molar refractivity (Wildman–Crippen MR) is 104 cm³/mol. The zero-order valence-corrected chi connectivity index (χ0v) is 15.6.